The number of nitrogens with one attached hydrogen (secondary N) is 1. The number of anilines is 1. The minimum absolute atomic E-state index is 0.128. The first-order valence-electron chi connectivity index (χ1n) is 9.45. The van der Waals surface area contributed by atoms with Crippen LogP contribution in [0.1, 0.15) is 37.0 Å². The number of halogens is 1. The van der Waals surface area contributed by atoms with Crippen molar-refractivity contribution in [2.24, 2.45) is 17.4 Å². The Balaban J connectivity index is 2.18. The summed E-state index contributed by atoms with van der Waals surface area (Å²) in [6, 6.07) is 1.02. The highest BCUT2D eigenvalue weighted by Gasteiger charge is 2.34. The number of hydrogen-bond acceptors (Lipinski definition) is 5. The van der Waals surface area contributed by atoms with Crippen molar-refractivity contribution < 1.29 is 14.4 Å². The van der Waals surface area contributed by atoms with Gasteiger partial charge >= 0.3 is 11.8 Å². The minimum atomic E-state index is -0.829. The van der Waals surface area contributed by atoms with Crippen LogP contribution in [0.5, 0.6) is 0 Å². The van der Waals surface area contributed by atoms with Crippen LogP contribution in [-0.4, -0.2) is 40.2 Å². The Morgan fingerprint density at radius 2 is 1.97 bits per heavy atom. The zero-order chi connectivity index (χ0) is 22.4. The standard InChI is InChI=1S/C21H26ClN5O3/c1-12-4-7-18(13(2)5-6-17(22)14(3)23)27(11-12)21(30)20(29)26-16-8-15(19(24)28)9-25-10-16/h5-6,8-10,12,18H,2,4,7,11,23H2,1,3H3,(H2,24,28)(H,26,29)/b6-5-,17-14-/t12-,18+/m1/s1. The highest BCUT2D eigenvalue weighted by Crippen LogP contribution is 2.27. The lowest BCUT2D eigenvalue weighted by Crippen LogP contribution is -2.50. The molecule has 30 heavy (non-hydrogen) atoms. The number of allylic oxidation sites excluding steroid dienone is 3. The number of hydrogen-bond donors (Lipinski definition) is 3. The van der Waals surface area contributed by atoms with Gasteiger partial charge in [0.15, 0.2) is 0 Å². The molecule has 0 saturated carbocycles. The molecule has 8 nitrogen and oxygen atoms in total. The fraction of sp³-hybridized carbons (Fsp3) is 0.333. The van der Waals surface area contributed by atoms with Crippen LogP contribution in [0, 0.1) is 5.92 Å². The molecule has 0 aromatic carbocycles. The largest absolute Gasteiger partial charge is 0.401 e. The van der Waals surface area contributed by atoms with E-state index in [-0.39, 0.29) is 23.2 Å². The summed E-state index contributed by atoms with van der Waals surface area (Å²) in [4.78, 5) is 42.1. The van der Waals surface area contributed by atoms with E-state index in [1.165, 1.54) is 23.4 Å². The first-order valence-corrected chi connectivity index (χ1v) is 9.83. The number of likely N-dealkylation sites (tertiary alicyclic amines) is 1. The third-order valence-electron chi connectivity index (χ3n) is 4.80. The van der Waals surface area contributed by atoms with Crippen molar-refractivity contribution in [3.63, 3.8) is 0 Å². The Morgan fingerprint density at radius 1 is 1.27 bits per heavy atom. The molecule has 9 heteroatoms. The zero-order valence-corrected chi connectivity index (χ0v) is 17.8. The molecule has 1 fully saturated rings. The molecule has 1 aromatic heterocycles. The quantitative estimate of drug-likeness (QED) is 0.486. The van der Waals surface area contributed by atoms with Crippen molar-refractivity contribution in [1.82, 2.24) is 9.88 Å². The molecule has 3 amide bonds. The van der Waals surface area contributed by atoms with Crippen LogP contribution < -0.4 is 16.8 Å². The average Bonchev–Trinajstić information content (AvgIpc) is 2.71. The predicted octanol–water partition coefficient (Wildman–Crippen LogP) is 2.29. The molecule has 1 aliphatic heterocycles. The second-order valence-corrected chi connectivity index (χ2v) is 7.78. The molecule has 0 spiro atoms. The van der Waals surface area contributed by atoms with Gasteiger partial charge in [-0.15, -0.1) is 0 Å². The number of piperidine rings is 1. The van der Waals surface area contributed by atoms with Crippen LogP contribution in [0.2, 0.25) is 0 Å². The van der Waals surface area contributed by atoms with E-state index in [0.717, 1.165) is 6.42 Å². The van der Waals surface area contributed by atoms with Crippen LogP contribution in [0.3, 0.4) is 0 Å². The van der Waals surface area contributed by atoms with Crippen LogP contribution >= 0.6 is 11.6 Å². The number of aromatic nitrogens is 1. The maximum atomic E-state index is 12.9. The van der Waals surface area contributed by atoms with Crippen molar-refractivity contribution in [1.29, 1.82) is 0 Å². The number of nitrogens with zero attached hydrogens (tertiary/aromatic N) is 2. The Labute approximate surface area is 180 Å². The summed E-state index contributed by atoms with van der Waals surface area (Å²) < 4.78 is 0. The molecular weight excluding hydrogens is 406 g/mol. The Kier molecular flexibility index (Phi) is 7.77. The van der Waals surface area contributed by atoms with Gasteiger partial charge in [0.05, 0.1) is 28.5 Å². The smallest absolute Gasteiger partial charge is 0.313 e. The lowest BCUT2D eigenvalue weighted by atomic mass is 9.90. The molecule has 160 valence electrons. The summed E-state index contributed by atoms with van der Waals surface area (Å²) in [5, 5.41) is 2.87. The van der Waals surface area contributed by atoms with Gasteiger partial charge in [0.2, 0.25) is 5.91 Å². The SMILES string of the molecule is C=C(/C=C\C(Cl)=C(/C)N)[C@@H]1CC[C@@H](C)CN1C(=O)C(=O)Nc1cncc(C(N)=O)c1. The summed E-state index contributed by atoms with van der Waals surface area (Å²) >= 11 is 6.04. The van der Waals surface area contributed by atoms with Gasteiger partial charge in [-0.3, -0.25) is 19.4 Å². The molecule has 2 atom stereocenters. The zero-order valence-electron chi connectivity index (χ0n) is 17.0. The van der Waals surface area contributed by atoms with Gasteiger partial charge in [-0.25, -0.2) is 0 Å². The third-order valence-corrected chi connectivity index (χ3v) is 5.23. The second kappa shape index (κ2) is 10.1. The van der Waals surface area contributed by atoms with Gasteiger partial charge in [0.25, 0.3) is 0 Å². The normalized spacial score (nSPS) is 19.9. The van der Waals surface area contributed by atoms with Crippen molar-refractivity contribution in [2.75, 3.05) is 11.9 Å². The molecule has 0 aliphatic carbocycles. The van der Waals surface area contributed by atoms with E-state index in [4.69, 9.17) is 23.1 Å². The molecule has 1 aliphatic rings. The lowest BCUT2D eigenvalue weighted by molar-refractivity contribution is -0.145. The van der Waals surface area contributed by atoms with E-state index >= 15 is 0 Å². The van der Waals surface area contributed by atoms with E-state index in [1.54, 1.807) is 19.1 Å². The highest BCUT2D eigenvalue weighted by atomic mass is 35.5. The van der Waals surface area contributed by atoms with Gasteiger partial charge in [-0.2, -0.15) is 0 Å². The topological polar surface area (TPSA) is 131 Å². The lowest BCUT2D eigenvalue weighted by Gasteiger charge is -2.38. The Morgan fingerprint density at radius 3 is 2.60 bits per heavy atom. The average molecular weight is 432 g/mol. The Hall–Kier alpha value is -3.13. The van der Waals surface area contributed by atoms with Gasteiger partial charge in [0.1, 0.15) is 0 Å². The fourth-order valence-electron chi connectivity index (χ4n) is 3.14. The van der Waals surface area contributed by atoms with Gasteiger partial charge in [-0.05, 0) is 43.4 Å². The number of carbonyl (C=O) groups excluding carboxylic acids is 3. The third kappa shape index (κ3) is 5.93. The Bertz CT molecular complexity index is 921. The van der Waals surface area contributed by atoms with Gasteiger partial charge in [-0.1, -0.05) is 31.2 Å². The van der Waals surface area contributed by atoms with Crippen LogP contribution in [0.4, 0.5) is 5.69 Å². The van der Waals surface area contributed by atoms with Crippen molar-refractivity contribution in [2.45, 2.75) is 32.7 Å². The monoisotopic (exact) mass is 431 g/mol. The highest BCUT2D eigenvalue weighted by molar-refractivity contribution is 6.39. The van der Waals surface area contributed by atoms with Crippen LogP contribution in [0.15, 0.2) is 53.5 Å². The van der Waals surface area contributed by atoms with Crippen molar-refractivity contribution >= 4 is 35.0 Å². The number of carbonyl (C=O) groups is 3. The summed E-state index contributed by atoms with van der Waals surface area (Å²) in [6.07, 6.45) is 7.51. The van der Waals surface area contributed by atoms with Crippen molar-refractivity contribution in [3.8, 4) is 0 Å². The van der Waals surface area contributed by atoms with Crippen LogP contribution in [0.25, 0.3) is 0 Å². The summed E-state index contributed by atoms with van der Waals surface area (Å²) in [7, 11) is 0. The molecule has 0 bridgehead atoms. The number of nitrogens with two attached hydrogens (primary N) is 2. The number of pyridine rings is 1. The first kappa shape index (κ1) is 23.2. The number of rotatable bonds is 5. The number of primary amides is 1. The molecule has 2 heterocycles. The summed E-state index contributed by atoms with van der Waals surface area (Å²) in [6.45, 7) is 8.16. The molecule has 5 N–H and O–H groups in total. The minimum Gasteiger partial charge on any atom is -0.401 e. The summed E-state index contributed by atoms with van der Waals surface area (Å²) in [5.74, 6) is -1.96. The molecular formula is C21H26ClN5O3. The van der Waals surface area contributed by atoms with E-state index in [2.05, 4.69) is 16.9 Å². The first-order chi connectivity index (χ1) is 14.1. The molecule has 0 unspecified atom stereocenters. The number of amides is 3. The fourth-order valence-corrected chi connectivity index (χ4v) is 3.21. The van der Waals surface area contributed by atoms with E-state index in [0.29, 0.717) is 29.3 Å². The van der Waals surface area contributed by atoms with E-state index in [9.17, 15) is 14.4 Å². The van der Waals surface area contributed by atoms with Crippen LogP contribution in [-0.2, 0) is 9.59 Å². The maximum absolute atomic E-state index is 12.9. The van der Waals surface area contributed by atoms with E-state index < -0.39 is 17.7 Å². The van der Waals surface area contributed by atoms with Crippen molar-refractivity contribution in [3.05, 3.63) is 59.1 Å². The molecule has 2 rings (SSSR count). The van der Waals surface area contributed by atoms with Gasteiger partial charge in [0, 0.05) is 18.4 Å². The maximum Gasteiger partial charge on any atom is 0.313 e. The predicted molar refractivity (Wildman–Crippen MR) is 116 cm³/mol. The second-order valence-electron chi connectivity index (χ2n) is 7.38. The van der Waals surface area contributed by atoms with E-state index in [1.807, 2.05) is 6.92 Å². The van der Waals surface area contributed by atoms with Gasteiger partial charge < -0.3 is 21.7 Å². The summed E-state index contributed by atoms with van der Waals surface area (Å²) in [5.41, 5.74) is 12.3. The molecule has 0 radical (unpaired) electrons. The molecule has 1 saturated heterocycles. The molecule has 1 aromatic rings.